The summed E-state index contributed by atoms with van der Waals surface area (Å²) in [6.45, 7) is 9.50. The lowest BCUT2D eigenvalue weighted by atomic mass is 10.1. The van der Waals surface area contributed by atoms with Gasteiger partial charge in [-0.15, -0.1) is 0 Å². The summed E-state index contributed by atoms with van der Waals surface area (Å²) in [7, 11) is 0. The summed E-state index contributed by atoms with van der Waals surface area (Å²) in [6, 6.07) is -0.303. The Morgan fingerprint density at radius 3 is 2.39 bits per heavy atom. The summed E-state index contributed by atoms with van der Waals surface area (Å²) < 4.78 is 11.0. The number of carbonyl (C=O) groups is 1. The Kier molecular flexibility index (Phi) is 2.91. The van der Waals surface area contributed by atoms with Crippen LogP contribution in [-0.4, -0.2) is 45.7 Å². The topological polar surface area (TPSA) is 59.0 Å². The van der Waals surface area contributed by atoms with Gasteiger partial charge in [0.1, 0.15) is 11.3 Å². The minimum absolute atomic E-state index is 0.303. The zero-order chi connectivity index (χ0) is 13.8. The second-order valence-corrected chi connectivity index (χ2v) is 6.73. The number of ether oxygens (including phenoxy) is 2. The first-order chi connectivity index (χ1) is 8.05. The molecule has 2 fully saturated rings. The number of amides is 1. The van der Waals surface area contributed by atoms with Gasteiger partial charge in [0.2, 0.25) is 0 Å². The van der Waals surface area contributed by atoms with Gasteiger partial charge in [-0.2, -0.15) is 0 Å². The van der Waals surface area contributed by atoms with Crippen molar-refractivity contribution in [1.82, 2.24) is 4.90 Å². The minimum Gasteiger partial charge on any atom is -0.444 e. The molecule has 1 N–H and O–H groups in total. The molecule has 0 aromatic carbocycles. The highest BCUT2D eigenvalue weighted by Gasteiger charge is 2.59. The molecular formula is C13H23NO4. The summed E-state index contributed by atoms with van der Waals surface area (Å²) in [5, 5.41) is 10.2. The predicted octanol–water partition coefficient (Wildman–Crippen LogP) is 1.88. The zero-order valence-corrected chi connectivity index (χ0v) is 11.8. The van der Waals surface area contributed by atoms with Crippen molar-refractivity contribution in [2.24, 2.45) is 0 Å². The van der Waals surface area contributed by atoms with E-state index in [4.69, 9.17) is 9.47 Å². The molecule has 2 rings (SSSR count). The molecule has 0 spiro atoms. The third-order valence-corrected chi connectivity index (χ3v) is 3.46. The van der Waals surface area contributed by atoms with Crippen molar-refractivity contribution in [3.63, 3.8) is 0 Å². The Labute approximate surface area is 108 Å². The predicted molar refractivity (Wildman–Crippen MR) is 66.1 cm³/mol. The van der Waals surface area contributed by atoms with Gasteiger partial charge in [-0.1, -0.05) is 0 Å². The maximum absolute atomic E-state index is 12.3. The number of hydrogen-bond acceptors (Lipinski definition) is 4. The highest BCUT2D eigenvalue weighted by atomic mass is 16.6. The fourth-order valence-electron chi connectivity index (χ4n) is 2.32. The van der Waals surface area contributed by atoms with E-state index in [9.17, 15) is 9.90 Å². The number of aliphatic hydroxyl groups is 1. The molecule has 1 aliphatic carbocycles. The van der Waals surface area contributed by atoms with E-state index in [1.165, 1.54) is 0 Å². The average molecular weight is 257 g/mol. The molecule has 5 nitrogen and oxygen atoms in total. The smallest absolute Gasteiger partial charge is 0.413 e. The highest BCUT2D eigenvalue weighted by molar-refractivity contribution is 5.70. The Morgan fingerprint density at radius 2 is 1.94 bits per heavy atom. The molecule has 1 saturated heterocycles. The Hall–Kier alpha value is -0.810. The van der Waals surface area contributed by atoms with E-state index in [-0.39, 0.29) is 6.04 Å². The van der Waals surface area contributed by atoms with Crippen LogP contribution in [0, 0.1) is 0 Å². The number of nitrogens with zero attached hydrogens (tertiary/aromatic N) is 1. The Balaban J connectivity index is 2.18. The van der Waals surface area contributed by atoms with Crippen LogP contribution in [0.5, 0.6) is 0 Å². The first kappa shape index (κ1) is 13.6. The second-order valence-electron chi connectivity index (χ2n) is 6.73. The van der Waals surface area contributed by atoms with Gasteiger partial charge in [0.15, 0.2) is 0 Å². The molecule has 1 aliphatic heterocycles. The summed E-state index contributed by atoms with van der Waals surface area (Å²) in [4.78, 5) is 13.8. The molecule has 18 heavy (non-hydrogen) atoms. The molecule has 2 aliphatic rings. The zero-order valence-electron chi connectivity index (χ0n) is 11.8. The van der Waals surface area contributed by atoms with E-state index in [1.807, 2.05) is 34.6 Å². The van der Waals surface area contributed by atoms with Gasteiger partial charge in [-0.3, -0.25) is 4.90 Å². The van der Waals surface area contributed by atoms with E-state index in [2.05, 4.69) is 0 Å². The highest BCUT2D eigenvalue weighted by Crippen LogP contribution is 2.46. The molecule has 0 radical (unpaired) electrons. The summed E-state index contributed by atoms with van der Waals surface area (Å²) in [5.74, 6) is 0. The first-order valence-corrected chi connectivity index (χ1v) is 6.44. The molecule has 1 heterocycles. The van der Waals surface area contributed by atoms with Crippen LogP contribution in [0.25, 0.3) is 0 Å². The lowest BCUT2D eigenvalue weighted by Crippen LogP contribution is -2.54. The quantitative estimate of drug-likeness (QED) is 0.779. The Morgan fingerprint density at radius 1 is 1.39 bits per heavy atom. The average Bonchev–Trinajstić information content (AvgIpc) is 2.79. The van der Waals surface area contributed by atoms with Crippen LogP contribution < -0.4 is 0 Å². The molecular weight excluding hydrogens is 234 g/mol. The number of hydrogen-bond donors (Lipinski definition) is 1. The van der Waals surface area contributed by atoms with Crippen LogP contribution in [0.2, 0.25) is 0 Å². The maximum Gasteiger partial charge on any atom is 0.413 e. The standard InChI is InChI=1S/C13H23NO4/c1-11(2,3)18-10(15)14-9(13(16)6-7-13)8-17-12(14,4)5/h9,16H,6-8H2,1-5H3/t9-/m1/s1. The molecule has 1 amide bonds. The van der Waals surface area contributed by atoms with Gasteiger partial charge in [-0.25, -0.2) is 4.79 Å². The minimum atomic E-state index is -0.787. The normalized spacial score (nSPS) is 29.2. The van der Waals surface area contributed by atoms with E-state index < -0.39 is 23.0 Å². The van der Waals surface area contributed by atoms with Crippen LogP contribution in [0.4, 0.5) is 4.79 Å². The van der Waals surface area contributed by atoms with E-state index in [0.29, 0.717) is 6.61 Å². The summed E-state index contributed by atoms with van der Waals surface area (Å²) in [6.07, 6.45) is 1.02. The third kappa shape index (κ3) is 2.47. The maximum atomic E-state index is 12.3. The van der Waals surface area contributed by atoms with Crippen LogP contribution in [0.15, 0.2) is 0 Å². The van der Waals surface area contributed by atoms with Crippen LogP contribution in [0.3, 0.4) is 0 Å². The van der Waals surface area contributed by atoms with E-state index in [1.54, 1.807) is 4.90 Å². The van der Waals surface area contributed by atoms with Crippen molar-refractivity contribution in [1.29, 1.82) is 0 Å². The van der Waals surface area contributed by atoms with Gasteiger partial charge >= 0.3 is 6.09 Å². The Bertz CT molecular complexity index is 354. The van der Waals surface area contributed by atoms with E-state index in [0.717, 1.165) is 12.8 Å². The van der Waals surface area contributed by atoms with Crippen molar-refractivity contribution < 1.29 is 19.4 Å². The molecule has 0 bridgehead atoms. The third-order valence-electron chi connectivity index (χ3n) is 3.46. The van der Waals surface area contributed by atoms with Gasteiger partial charge in [0, 0.05) is 0 Å². The van der Waals surface area contributed by atoms with Crippen molar-refractivity contribution in [2.45, 2.75) is 70.4 Å². The van der Waals surface area contributed by atoms with Gasteiger partial charge < -0.3 is 14.6 Å². The lowest BCUT2D eigenvalue weighted by molar-refractivity contribution is -0.0695. The molecule has 104 valence electrons. The fourth-order valence-corrected chi connectivity index (χ4v) is 2.32. The molecule has 0 unspecified atom stereocenters. The first-order valence-electron chi connectivity index (χ1n) is 6.44. The summed E-state index contributed by atoms with van der Waals surface area (Å²) in [5.41, 5.74) is -2.07. The van der Waals surface area contributed by atoms with Crippen molar-refractivity contribution >= 4 is 6.09 Å². The molecule has 1 atom stereocenters. The van der Waals surface area contributed by atoms with Gasteiger partial charge in [0.25, 0.3) is 0 Å². The van der Waals surface area contributed by atoms with Crippen molar-refractivity contribution in [3.8, 4) is 0 Å². The van der Waals surface area contributed by atoms with Crippen molar-refractivity contribution in [2.75, 3.05) is 6.61 Å². The van der Waals surface area contributed by atoms with Gasteiger partial charge in [0.05, 0.1) is 18.2 Å². The van der Waals surface area contributed by atoms with Crippen molar-refractivity contribution in [3.05, 3.63) is 0 Å². The van der Waals surface area contributed by atoms with E-state index >= 15 is 0 Å². The monoisotopic (exact) mass is 257 g/mol. The number of rotatable bonds is 1. The SMILES string of the molecule is CC(C)(C)OC(=O)N1[C@@H](C2(O)CC2)COC1(C)C. The molecule has 0 aromatic heterocycles. The van der Waals surface area contributed by atoms with Crippen LogP contribution in [-0.2, 0) is 9.47 Å². The lowest BCUT2D eigenvalue weighted by Gasteiger charge is -2.36. The fraction of sp³-hybridized carbons (Fsp3) is 0.923. The molecule has 5 heteroatoms. The second kappa shape index (κ2) is 3.84. The molecule has 1 saturated carbocycles. The molecule has 0 aromatic rings. The van der Waals surface area contributed by atoms with Gasteiger partial charge in [-0.05, 0) is 47.5 Å². The van der Waals surface area contributed by atoms with Crippen LogP contribution in [0.1, 0.15) is 47.5 Å². The largest absolute Gasteiger partial charge is 0.444 e. The van der Waals surface area contributed by atoms with Crippen LogP contribution >= 0.6 is 0 Å². The summed E-state index contributed by atoms with van der Waals surface area (Å²) >= 11 is 0. The number of carbonyl (C=O) groups excluding carboxylic acids is 1.